The molecule has 0 radical (unpaired) electrons. The highest BCUT2D eigenvalue weighted by atomic mass is 32.1. The van der Waals surface area contributed by atoms with Gasteiger partial charge in [0.15, 0.2) is 0 Å². The summed E-state index contributed by atoms with van der Waals surface area (Å²) in [6.45, 7) is 0. The Bertz CT molecular complexity index is 3230. The molecule has 0 aliphatic heterocycles. The van der Waals surface area contributed by atoms with E-state index in [4.69, 9.17) is 2.74 Å². The first-order valence-corrected chi connectivity index (χ1v) is 18.1. The van der Waals surface area contributed by atoms with Gasteiger partial charge in [0.25, 0.3) is 0 Å². The molecule has 244 valence electrons. The first kappa shape index (κ1) is 24.6. The standard InChI is InChI=1S/C50H33NS/c1-2-10-34(11-3-1)36-26-28-42(29-27-36)51(47-18-8-15-38-13-6-7-16-44(38)47)43-30-31-48-46(33-43)50-45(17-9-19-49(50)52-48)39-23-20-37(21-24-39)41-25-22-35-12-4-5-14-40(35)32-41/h1-33H/i9D,17D,19D,30D,31D,33D. The Morgan fingerprint density at radius 2 is 1.08 bits per heavy atom. The summed E-state index contributed by atoms with van der Waals surface area (Å²) < 4.78 is 57.1. The highest BCUT2D eigenvalue weighted by Crippen LogP contribution is 2.45. The van der Waals surface area contributed by atoms with E-state index in [0.717, 1.165) is 66.5 Å². The Kier molecular flexibility index (Phi) is 6.01. The summed E-state index contributed by atoms with van der Waals surface area (Å²) >= 11 is 1.15. The van der Waals surface area contributed by atoms with Crippen LogP contribution < -0.4 is 4.90 Å². The van der Waals surface area contributed by atoms with E-state index < -0.39 is 0 Å². The van der Waals surface area contributed by atoms with Crippen molar-refractivity contribution < 1.29 is 8.22 Å². The van der Waals surface area contributed by atoms with Gasteiger partial charge in [-0.05, 0) is 98.0 Å². The van der Waals surface area contributed by atoms with E-state index in [0.29, 0.717) is 31.3 Å². The fourth-order valence-corrected chi connectivity index (χ4v) is 8.17. The van der Waals surface area contributed by atoms with Crippen molar-refractivity contribution >= 4 is 70.1 Å². The van der Waals surface area contributed by atoms with E-state index in [2.05, 4.69) is 42.5 Å². The number of benzene rings is 9. The zero-order valence-electron chi connectivity index (χ0n) is 33.9. The molecule has 1 heterocycles. The topological polar surface area (TPSA) is 3.24 Å². The summed E-state index contributed by atoms with van der Waals surface area (Å²) in [6, 6.07) is 54.0. The zero-order valence-corrected chi connectivity index (χ0v) is 28.8. The van der Waals surface area contributed by atoms with Gasteiger partial charge in [-0.25, -0.2) is 0 Å². The maximum Gasteiger partial charge on any atom is 0.0652 e. The van der Waals surface area contributed by atoms with Gasteiger partial charge in [-0.1, -0.05) is 152 Å². The molecule has 9 aromatic carbocycles. The van der Waals surface area contributed by atoms with Crippen LogP contribution in [0.4, 0.5) is 17.1 Å². The maximum atomic E-state index is 10.0. The van der Waals surface area contributed by atoms with Crippen molar-refractivity contribution in [3.8, 4) is 33.4 Å². The number of hydrogen-bond donors (Lipinski definition) is 0. The van der Waals surface area contributed by atoms with E-state index in [1.54, 1.807) is 0 Å². The second-order valence-corrected chi connectivity index (χ2v) is 13.9. The third kappa shape index (κ3) is 5.33. The number of thiophene rings is 1. The molecule has 10 rings (SSSR count). The minimum atomic E-state index is -0.215. The Hall–Kier alpha value is -6.48. The smallest absolute Gasteiger partial charge is 0.0652 e. The van der Waals surface area contributed by atoms with Gasteiger partial charge in [-0.2, -0.15) is 0 Å². The van der Waals surface area contributed by atoms with Crippen LogP contribution in [0.15, 0.2) is 200 Å². The van der Waals surface area contributed by atoms with Crippen LogP contribution in [-0.2, 0) is 0 Å². The Morgan fingerprint density at radius 3 is 1.92 bits per heavy atom. The number of rotatable bonds is 6. The van der Waals surface area contributed by atoms with Crippen molar-refractivity contribution in [2.75, 3.05) is 4.90 Å². The number of nitrogens with zero attached hydrogens (tertiary/aromatic N) is 1. The van der Waals surface area contributed by atoms with Crippen LogP contribution in [0.5, 0.6) is 0 Å². The summed E-state index contributed by atoms with van der Waals surface area (Å²) in [6.07, 6.45) is 0. The van der Waals surface area contributed by atoms with Gasteiger partial charge in [-0.15, -0.1) is 11.3 Å². The highest BCUT2D eigenvalue weighted by Gasteiger charge is 2.18. The van der Waals surface area contributed by atoms with Gasteiger partial charge in [0.2, 0.25) is 0 Å². The van der Waals surface area contributed by atoms with Crippen molar-refractivity contribution in [3.05, 3.63) is 200 Å². The number of hydrogen-bond acceptors (Lipinski definition) is 2. The molecule has 1 nitrogen and oxygen atoms in total. The summed E-state index contributed by atoms with van der Waals surface area (Å²) in [5, 5.41) is 5.10. The second kappa shape index (κ2) is 12.7. The predicted octanol–water partition coefficient (Wildman–Crippen LogP) is 14.8. The Labute approximate surface area is 315 Å². The fraction of sp³-hybridized carbons (Fsp3) is 0. The third-order valence-electron chi connectivity index (χ3n) is 9.78. The molecule has 1 aromatic heterocycles. The molecule has 0 N–H and O–H groups in total. The van der Waals surface area contributed by atoms with Gasteiger partial charge in [0, 0.05) is 36.9 Å². The molecule has 0 fully saturated rings. The average molecular weight is 686 g/mol. The average Bonchev–Trinajstić information content (AvgIpc) is 3.67. The minimum Gasteiger partial charge on any atom is -0.310 e. The lowest BCUT2D eigenvalue weighted by molar-refractivity contribution is 1.30. The van der Waals surface area contributed by atoms with Gasteiger partial charge >= 0.3 is 0 Å². The summed E-state index contributed by atoms with van der Waals surface area (Å²) in [5.74, 6) is 0. The van der Waals surface area contributed by atoms with Crippen LogP contribution in [0.1, 0.15) is 8.22 Å². The summed E-state index contributed by atoms with van der Waals surface area (Å²) in [4.78, 5) is 1.91. The van der Waals surface area contributed by atoms with Crippen LogP contribution in [0.3, 0.4) is 0 Å². The van der Waals surface area contributed by atoms with Crippen molar-refractivity contribution in [1.29, 1.82) is 0 Å². The van der Waals surface area contributed by atoms with Crippen LogP contribution in [-0.4, -0.2) is 0 Å². The molecule has 10 aromatic rings. The largest absolute Gasteiger partial charge is 0.310 e. The SMILES string of the molecule is [2H]c1c(N(c2ccc(-c3ccccc3)cc2)c2cccc3ccccc23)c([2H])c2c(sc3c([2H])c([2H])c([2H])c(-c4ccc(-c5ccc6ccccc6c5)cc4)c32)c1[2H]. The van der Waals surface area contributed by atoms with E-state index >= 15 is 0 Å². The minimum absolute atomic E-state index is 0.0212. The first-order valence-electron chi connectivity index (χ1n) is 20.3. The van der Waals surface area contributed by atoms with Crippen LogP contribution >= 0.6 is 11.3 Å². The third-order valence-corrected chi connectivity index (χ3v) is 10.8. The molecule has 0 atom stereocenters. The number of anilines is 3. The molecule has 0 amide bonds. The molecule has 0 spiro atoms. The van der Waals surface area contributed by atoms with Gasteiger partial charge in [0.1, 0.15) is 0 Å². The van der Waals surface area contributed by atoms with Gasteiger partial charge in [0.05, 0.1) is 13.9 Å². The lowest BCUT2D eigenvalue weighted by atomic mass is 9.96. The quantitative estimate of drug-likeness (QED) is 0.168. The van der Waals surface area contributed by atoms with Crippen LogP contribution in [0.2, 0.25) is 0 Å². The molecule has 0 unspecified atom stereocenters. The molecule has 2 heteroatoms. The van der Waals surface area contributed by atoms with E-state index in [-0.39, 0.29) is 41.9 Å². The molecular weight excluding hydrogens is 647 g/mol. The Balaban J connectivity index is 1.22. The van der Waals surface area contributed by atoms with E-state index in [9.17, 15) is 5.48 Å². The zero-order chi connectivity index (χ0) is 39.7. The first-order chi connectivity index (χ1) is 28.3. The predicted molar refractivity (Wildman–Crippen MR) is 225 cm³/mol. The molecule has 0 bridgehead atoms. The monoisotopic (exact) mass is 685 g/mol. The van der Waals surface area contributed by atoms with Gasteiger partial charge in [-0.3, -0.25) is 0 Å². The normalized spacial score (nSPS) is 13.1. The molecule has 0 aliphatic rings. The molecule has 0 aliphatic carbocycles. The fourth-order valence-electron chi connectivity index (χ4n) is 7.20. The molecular formula is C50H33NS. The van der Waals surface area contributed by atoms with Crippen molar-refractivity contribution in [2.24, 2.45) is 0 Å². The lowest BCUT2D eigenvalue weighted by Gasteiger charge is -2.27. The van der Waals surface area contributed by atoms with Crippen LogP contribution in [0, 0.1) is 0 Å². The molecule has 0 saturated heterocycles. The van der Waals surface area contributed by atoms with Crippen molar-refractivity contribution in [3.63, 3.8) is 0 Å². The second-order valence-electron chi connectivity index (χ2n) is 12.9. The van der Waals surface area contributed by atoms with Gasteiger partial charge < -0.3 is 4.90 Å². The number of fused-ring (bicyclic) bond motifs is 5. The Morgan fingerprint density at radius 1 is 0.423 bits per heavy atom. The van der Waals surface area contributed by atoms with Crippen molar-refractivity contribution in [2.45, 2.75) is 0 Å². The lowest BCUT2D eigenvalue weighted by Crippen LogP contribution is -2.10. The molecule has 52 heavy (non-hydrogen) atoms. The van der Waals surface area contributed by atoms with E-state index in [1.807, 2.05) is 126 Å². The summed E-state index contributed by atoms with van der Waals surface area (Å²) in [5.41, 5.74) is 6.95. The highest BCUT2D eigenvalue weighted by molar-refractivity contribution is 7.26. The summed E-state index contributed by atoms with van der Waals surface area (Å²) in [7, 11) is 0. The van der Waals surface area contributed by atoms with E-state index in [1.165, 1.54) is 0 Å². The van der Waals surface area contributed by atoms with Crippen molar-refractivity contribution in [1.82, 2.24) is 0 Å². The maximum absolute atomic E-state index is 10.0. The molecule has 0 saturated carbocycles. The van der Waals surface area contributed by atoms with Crippen LogP contribution in [0.25, 0.3) is 75.1 Å².